The van der Waals surface area contributed by atoms with Crippen LogP contribution < -0.4 is 4.72 Å². The Bertz CT molecular complexity index is 630. The van der Waals surface area contributed by atoms with Gasteiger partial charge in [0, 0.05) is 12.6 Å². The van der Waals surface area contributed by atoms with Crippen molar-refractivity contribution in [2.75, 3.05) is 0 Å². The standard InChI is InChI=1S/C13H19BrN4O2S/c1-18-12(11(14)15-17-18)21(19,20)16-13-5-8-2-9(6-13)4-10(3-8)7-13/h8-10,16H,2-7H2,1H3. The molecule has 1 aromatic rings. The van der Waals surface area contributed by atoms with Crippen molar-refractivity contribution in [3.63, 3.8) is 0 Å². The SMILES string of the molecule is Cn1nnc(Br)c1S(=O)(=O)NC12CC3CC(CC(C3)C1)C2. The molecule has 4 saturated carbocycles. The first kappa shape index (κ1) is 14.1. The maximum absolute atomic E-state index is 12.8. The van der Waals surface area contributed by atoms with E-state index in [1.165, 1.54) is 23.9 Å². The van der Waals surface area contributed by atoms with Crippen molar-refractivity contribution < 1.29 is 8.42 Å². The van der Waals surface area contributed by atoms with Gasteiger partial charge in [0.1, 0.15) is 0 Å². The fraction of sp³-hybridized carbons (Fsp3) is 0.846. The summed E-state index contributed by atoms with van der Waals surface area (Å²) in [5.74, 6) is 2.10. The van der Waals surface area contributed by atoms with Crippen LogP contribution in [0.3, 0.4) is 0 Å². The van der Waals surface area contributed by atoms with E-state index in [1.807, 2.05) is 0 Å². The van der Waals surface area contributed by atoms with Crippen LogP contribution in [-0.2, 0) is 17.1 Å². The van der Waals surface area contributed by atoms with E-state index in [1.54, 1.807) is 7.05 Å². The van der Waals surface area contributed by atoms with Crippen LogP contribution in [0.4, 0.5) is 0 Å². The molecule has 0 aliphatic heterocycles. The van der Waals surface area contributed by atoms with Gasteiger partial charge in [-0.3, -0.25) is 0 Å². The molecule has 116 valence electrons. The van der Waals surface area contributed by atoms with Gasteiger partial charge in [-0.2, -0.15) is 0 Å². The van der Waals surface area contributed by atoms with Crippen LogP contribution >= 0.6 is 15.9 Å². The summed E-state index contributed by atoms with van der Waals surface area (Å²) in [6, 6.07) is 0. The Morgan fingerprint density at radius 2 is 1.71 bits per heavy atom. The molecule has 4 fully saturated rings. The Morgan fingerprint density at radius 1 is 1.19 bits per heavy atom. The van der Waals surface area contributed by atoms with Crippen LogP contribution in [-0.4, -0.2) is 29.0 Å². The first-order valence-corrected chi connectivity index (χ1v) is 9.74. The van der Waals surface area contributed by atoms with Crippen LogP contribution in [0.15, 0.2) is 9.63 Å². The topological polar surface area (TPSA) is 76.9 Å². The number of aromatic nitrogens is 3. The first-order chi connectivity index (χ1) is 9.87. The fourth-order valence-corrected chi connectivity index (χ4v) is 7.71. The lowest BCUT2D eigenvalue weighted by Gasteiger charge is -2.56. The summed E-state index contributed by atoms with van der Waals surface area (Å²) in [7, 11) is -2.00. The summed E-state index contributed by atoms with van der Waals surface area (Å²) in [5, 5.41) is 7.69. The number of hydrogen-bond donors (Lipinski definition) is 1. The van der Waals surface area contributed by atoms with Crippen molar-refractivity contribution in [2.45, 2.75) is 49.1 Å². The smallest absolute Gasteiger partial charge is 0.235 e. The highest BCUT2D eigenvalue weighted by molar-refractivity contribution is 9.10. The molecule has 0 saturated heterocycles. The molecule has 1 aromatic heterocycles. The number of rotatable bonds is 3. The van der Waals surface area contributed by atoms with Gasteiger partial charge in [0.05, 0.1) is 0 Å². The molecule has 21 heavy (non-hydrogen) atoms. The minimum Gasteiger partial charge on any atom is -0.235 e. The van der Waals surface area contributed by atoms with Gasteiger partial charge >= 0.3 is 0 Å². The van der Waals surface area contributed by atoms with E-state index in [9.17, 15) is 8.42 Å². The van der Waals surface area contributed by atoms with Gasteiger partial charge in [-0.1, -0.05) is 5.21 Å². The van der Waals surface area contributed by atoms with Crippen LogP contribution in [0.1, 0.15) is 38.5 Å². The molecule has 8 heteroatoms. The van der Waals surface area contributed by atoms with E-state index in [0.717, 1.165) is 19.3 Å². The molecule has 0 spiro atoms. The number of nitrogens with zero attached hydrogens (tertiary/aromatic N) is 3. The minimum absolute atomic E-state index is 0.123. The van der Waals surface area contributed by atoms with Gasteiger partial charge in [0.15, 0.2) is 4.60 Å². The van der Waals surface area contributed by atoms with Gasteiger partial charge in [-0.05, 0) is 72.2 Å². The lowest BCUT2D eigenvalue weighted by atomic mass is 9.53. The van der Waals surface area contributed by atoms with Gasteiger partial charge in [0.25, 0.3) is 10.0 Å². The predicted molar refractivity (Wildman–Crippen MR) is 79.9 cm³/mol. The Morgan fingerprint density at radius 3 is 2.14 bits per heavy atom. The quantitative estimate of drug-likeness (QED) is 0.875. The Labute approximate surface area is 132 Å². The molecule has 1 heterocycles. The molecule has 5 rings (SSSR count). The number of aryl methyl sites for hydroxylation is 1. The lowest BCUT2D eigenvalue weighted by molar-refractivity contribution is -0.00816. The third kappa shape index (κ3) is 2.26. The molecule has 0 aromatic carbocycles. The van der Waals surface area contributed by atoms with Gasteiger partial charge < -0.3 is 0 Å². The predicted octanol–water partition coefficient (Wildman–Crippen LogP) is 1.82. The van der Waals surface area contributed by atoms with Crippen molar-refractivity contribution in [3.8, 4) is 0 Å². The molecule has 4 aliphatic rings. The van der Waals surface area contributed by atoms with Crippen LogP contribution in [0.2, 0.25) is 0 Å². The van der Waals surface area contributed by atoms with Gasteiger partial charge in [-0.15, -0.1) is 5.10 Å². The summed E-state index contributed by atoms with van der Waals surface area (Å²) in [6.07, 6.45) is 6.83. The minimum atomic E-state index is -3.60. The van der Waals surface area contributed by atoms with Gasteiger partial charge in [-0.25, -0.2) is 17.8 Å². The van der Waals surface area contributed by atoms with Crippen molar-refractivity contribution in [2.24, 2.45) is 24.8 Å². The molecule has 4 bridgehead atoms. The second-order valence-corrected chi connectivity index (χ2v) is 9.46. The van der Waals surface area contributed by atoms with Crippen molar-refractivity contribution in [1.29, 1.82) is 0 Å². The van der Waals surface area contributed by atoms with E-state index in [0.29, 0.717) is 17.8 Å². The molecule has 0 unspecified atom stereocenters. The van der Waals surface area contributed by atoms with E-state index >= 15 is 0 Å². The van der Waals surface area contributed by atoms with E-state index in [-0.39, 0.29) is 15.2 Å². The Hall–Kier alpha value is -0.470. The summed E-state index contributed by atoms with van der Waals surface area (Å²) in [5.41, 5.74) is -0.239. The molecule has 0 atom stereocenters. The van der Waals surface area contributed by atoms with E-state index in [2.05, 4.69) is 31.0 Å². The zero-order valence-corrected chi connectivity index (χ0v) is 14.3. The third-order valence-corrected chi connectivity index (χ3v) is 7.85. The van der Waals surface area contributed by atoms with Crippen LogP contribution in [0.5, 0.6) is 0 Å². The molecular formula is C13H19BrN4O2S. The average Bonchev–Trinajstić information content (AvgIpc) is 2.66. The maximum Gasteiger partial charge on any atom is 0.261 e. The van der Waals surface area contributed by atoms with E-state index < -0.39 is 10.0 Å². The average molecular weight is 375 g/mol. The van der Waals surface area contributed by atoms with E-state index in [4.69, 9.17) is 0 Å². The Kier molecular flexibility index (Phi) is 3.04. The zero-order valence-electron chi connectivity index (χ0n) is 11.9. The highest BCUT2D eigenvalue weighted by Crippen LogP contribution is 2.56. The highest BCUT2D eigenvalue weighted by Gasteiger charge is 2.52. The Balaban J connectivity index is 1.67. The second-order valence-electron chi connectivity index (χ2n) is 7.11. The number of nitrogens with one attached hydrogen (secondary N) is 1. The van der Waals surface area contributed by atoms with Crippen molar-refractivity contribution in [1.82, 2.24) is 19.7 Å². The van der Waals surface area contributed by atoms with Gasteiger partial charge in [0.2, 0.25) is 5.03 Å². The molecule has 0 amide bonds. The zero-order chi connectivity index (χ0) is 14.8. The summed E-state index contributed by atoms with van der Waals surface area (Å²) >= 11 is 3.19. The summed E-state index contributed by atoms with van der Waals surface area (Å²) in [4.78, 5) is 0. The molecule has 0 radical (unpaired) electrons. The highest BCUT2D eigenvalue weighted by atomic mass is 79.9. The summed E-state index contributed by atoms with van der Waals surface area (Å²) < 4.78 is 30.2. The summed E-state index contributed by atoms with van der Waals surface area (Å²) in [6.45, 7) is 0. The fourth-order valence-electron chi connectivity index (χ4n) is 5.18. The first-order valence-electron chi connectivity index (χ1n) is 7.46. The third-order valence-electron chi connectivity index (χ3n) is 5.38. The number of sulfonamides is 1. The normalized spacial score (nSPS) is 38.1. The largest absolute Gasteiger partial charge is 0.261 e. The van der Waals surface area contributed by atoms with Crippen molar-refractivity contribution >= 4 is 26.0 Å². The van der Waals surface area contributed by atoms with Crippen LogP contribution in [0.25, 0.3) is 0 Å². The van der Waals surface area contributed by atoms with Crippen LogP contribution in [0, 0.1) is 17.8 Å². The number of hydrogen-bond acceptors (Lipinski definition) is 4. The molecular weight excluding hydrogens is 356 g/mol. The monoisotopic (exact) mass is 374 g/mol. The maximum atomic E-state index is 12.8. The molecule has 6 nitrogen and oxygen atoms in total. The molecule has 1 N–H and O–H groups in total. The van der Waals surface area contributed by atoms with Crippen molar-refractivity contribution in [3.05, 3.63) is 4.60 Å². The molecule has 4 aliphatic carbocycles. The number of halogens is 1. The second kappa shape index (κ2) is 4.52. The lowest BCUT2D eigenvalue weighted by Crippen LogP contribution is -2.59.